The van der Waals surface area contributed by atoms with E-state index in [0.29, 0.717) is 12.5 Å². The molecule has 21 heavy (non-hydrogen) atoms. The number of hydrogen-bond donors (Lipinski definition) is 3. The van der Waals surface area contributed by atoms with Crippen molar-refractivity contribution in [1.29, 1.82) is 0 Å². The lowest BCUT2D eigenvalue weighted by atomic mass is 10.0. The third-order valence-corrected chi connectivity index (χ3v) is 4.39. The number of carbonyl (C=O) groups is 1. The molecule has 0 aromatic heterocycles. The van der Waals surface area contributed by atoms with E-state index in [0.717, 1.165) is 48.6 Å². The maximum atomic E-state index is 11.4. The number of nitrogens with two attached hydrogens (primary N) is 1. The topological polar surface area (TPSA) is 70.4 Å². The van der Waals surface area contributed by atoms with Crippen molar-refractivity contribution in [3.05, 3.63) is 17.7 Å². The molecule has 2 aliphatic heterocycles. The highest BCUT2D eigenvalue weighted by atomic mass is 16.1. The van der Waals surface area contributed by atoms with Crippen LogP contribution in [0.5, 0.6) is 0 Å². The summed E-state index contributed by atoms with van der Waals surface area (Å²) in [5.74, 6) is 0.0504. The molecule has 1 aromatic carbocycles. The molecule has 0 spiro atoms. The molecule has 0 radical (unpaired) electrons. The number of anilines is 3. The van der Waals surface area contributed by atoms with Gasteiger partial charge in [0.1, 0.15) is 0 Å². The predicted molar refractivity (Wildman–Crippen MR) is 86.6 cm³/mol. The quantitative estimate of drug-likeness (QED) is 0.742. The average molecular weight is 288 g/mol. The number of nitrogens with one attached hydrogen (secondary N) is 2. The molecule has 1 fully saturated rings. The van der Waals surface area contributed by atoms with Crippen LogP contribution in [0.25, 0.3) is 0 Å². The Bertz CT molecular complexity index is 535. The van der Waals surface area contributed by atoms with E-state index >= 15 is 0 Å². The second kappa shape index (κ2) is 5.93. The van der Waals surface area contributed by atoms with E-state index in [1.807, 2.05) is 12.1 Å². The van der Waals surface area contributed by atoms with Crippen LogP contribution in [0.2, 0.25) is 0 Å². The fraction of sp³-hybridized carbons (Fsp3) is 0.562. The van der Waals surface area contributed by atoms with E-state index in [1.54, 1.807) is 0 Å². The summed E-state index contributed by atoms with van der Waals surface area (Å²) < 4.78 is 0. The average Bonchev–Trinajstić information content (AvgIpc) is 2.81. The first-order chi connectivity index (χ1) is 10.2. The summed E-state index contributed by atoms with van der Waals surface area (Å²) in [6, 6.07) is 4.37. The number of hydrogen-bond acceptors (Lipinski definition) is 4. The normalized spacial score (nSPS) is 19.4. The minimum atomic E-state index is 0.0504. The molecule has 114 valence electrons. The molecule has 1 amide bonds. The fourth-order valence-corrected chi connectivity index (χ4v) is 3.26. The summed E-state index contributed by atoms with van der Waals surface area (Å²) in [4.78, 5) is 14.0. The molecule has 0 unspecified atom stereocenters. The van der Waals surface area contributed by atoms with E-state index in [2.05, 4.69) is 22.5 Å². The molecule has 1 saturated heterocycles. The molecule has 5 nitrogen and oxygen atoms in total. The lowest BCUT2D eigenvalue weighted by Crippen LogP contribution is -2.39. The Labute approximate surface area is 125 Å². The molecule has 2 aliphatic rings. The lowest BCUT2D eigenvalue weighted by Gasteiger charge is -2.33. The Morgan fingerprint density at radius 2 is 2.14 bits per heavy atom. The number of benzene rings is 1. The second-order valence-electron chi connectivity index (χ2n) is 6.08. The van der Waals surface area contributed by atoms with Gasteiger partial charge in [-0.2, -0.15) is 0 Å². The minimum Gasteiger partial charge on any atom is -0.397 e. The minimum absolute atomic E-state index is 0.0504. The van der Waals surface area contributed by atoms with Gasteiger partial charge < -0.3 is 21.3 Å². The van der Waals surface area contributed by atoms with Crippen molar-refractivity contribution in [3.63, 3.8) is 0 Å². The van der Waals surface area contributed by atoms with Gasteiger partial charge in [-0.05, 0) is 43.5 Å². The lowest BCUT2D eigenvalue weighted by molar-refractivity contribution is -0.115. The van der Waals surface area contributed by atoms with Crippen LogP contribution in [0.4, 0.5) is 17.1 Å². The summed E-state index contributed by atoms with van der Waals surface area (Å²) in [6.45, 7) is 5.71. The van der Waals surface area contributed by atoms with Gasteiger partial charge in [0.05, 0.1) is 17.8 Å². The van der Waals surface area contributed by atoms with Gasteiger partial charge in [0.2, 0.25) is 5.91 Å². The number of piperidine rings is 1. The van der Waals surface area contributed by atoms with Crippen LogP contribution in [0, 0.1) is 0 Å². The van der Waals surface area contributed by atoms with E-state index in [9.17, 15) is 4.79 Å². The zero-order valence-electron chi connectivity index (χ0n) is 12.6. The fourth-order valence-electron chi connectivity index (χ4n) is 3.26. The van der Waals surface area contributed by atoms with Crippen LogP contribution in [0.15, 0.2) is 12.1 Å². The van der Waals surface area contributed by atoms with Crippen molar-refractivity contribution in [2.75, 3.05) is 36.0 Å². The van der Waals surface area contributed by atoms with Gasteiger partial charge in [-0.25, -0.2) is 0 Å². The summed E-state index contributed by atoms with van der Waals surface area (Å²) >= 11 is 0. The summed E-state index contributed by atoms with van der Waals surface area (Å²) in [7, 11) is 0. The smallest absolute Gasteiger partial charge is 0.228 e. The van der Waals surface area contributed by atoms with Crippen molar-refractivity contribution in [1.82, 2.24) is 4.90 Å². The van der Waals surface area contributed by atoms with Gasteiger partial charge >= 0.3 is 0 Å². The molecular formula is C16H24N4O. The Morgan fingerprint density at radius 1 is 1.38 bits per heavy atom. The number of nitrogens with zero attached hydrogens (tertiary/aromatic N) is 1. The molecule has 0 aliphatic carbocycles. The van der Waals surface area contributed by atoms with Crippen molar-refractivity contribution < 1.29 is 4.79 Å². The van der Waals surface area contributed by atoms with Crippen LogP contribution < -0.4 is 16.4 Å². The van der Waals surface area contributed by atoms with E-state index in [4.69, 9.17) is 5.73 Å². The summed E-state index contributed by atoms with van der Waals surface area (Å²) in [5.41, 5.74) is 9.71. The monoisotopic (exact) mass is 288 g/mol. The SMILES string of the molecule is CCCN1CCC(Nc2cc3c(cc2N)CC(=O)N3)CC1. The van der Waals surface area contributed by atoms with Gasteiger partial charge in [-0.1, -0.05) is 6.92 Å². The van der Waals surface area contributed by atoms with Gasteiger partial charge in [-0.3, -0.25) is 4.79 Å². The maximum Gasteiger partial charge on any atom is 0.228 e. The Kier molecular flexibility index (Phi) is 4.01. The molecule has 0 saturated carbocycles. The van der Waals surface area contributed by atoms with Crippen molar-refractivity contribution >= 4 is 23.0 Å². The number of carbonyl (C=O) groups excluding carboxylic acids is 1. The van der Waals surface area contributed by atoms with Crippen molar-refractivity contribution in [2.24, 2.45) is 0 Å². The molecular weight excluding hydrogens is 264 g/mol. The molecule has 4 N–H and O–H groups in total. The van der Waals surface area contributed by atoms with Crippen LogP contribution >= 0.6 is 0 Å². The molecule has 0 atom stereocenters. The first kappa shape index (κ1) is 14.2. The van der Waals surface area contributed by atoms with Crippen LogP contribution in [-0.2, 0) is 11.2 Å². The highest BCUT2D eigenvalue weighted by Crippen LogP contribution is 2.32. The van der Waals surface area contributed by atoms with E-state index in [-0.39, 0.29) is 5.91 Å². The highest BCUT2D eigenvalue weighted by molar-refractivity contribution is 6.00. The largest absolute Gasteiger partial charge is 0.397 e. The van der Waals surface area contributed by atoms with Crippen LogP contribution in [0.3, 0.4) is 0 Å². The van der Waals surface area contributed by atoms with Crippen molar-refractivity contribution in [2.45, 2.75) is 38.6 Å². The second-order valence-corrected chi connectivity index (χ2v) is 6.08. The summed E-state index contributed by atoms with van der Waals surface area (Å²) in [5, 5.41) is 6.44. The first-order valence-electron chi connectivity index (χ1n) is 7.87. The Morgan fingerprint density at radius 3 is 2.86 bits per heavy atom. The molecule has 0 bridgehead atoms. The molecule has 1 aromatic rings. The number of likely N-dealkylation sites (tertiary alicyclic amines) is 1. The van der Waals surface area contributed by atoms with Gasteiger partial charge in [-0.15, -0.1) is 0 Å². The van der Waals surface area contributed by atoms with Crippen LogP contribution in [0.1, 0.15) is 31.7 Å². The molecule has 5 heteroatoms. The third kappa shape index (κ3) is 3.13. The van der Waals surface area contributed by atoms with Gasteiger partial charge in [0.15, 0.2) is 0 Å². The predicted octanol–water partition coefficient (Wildman–Crippen LogP) is 2.05. The van der Waals surface area contributed by atoms with Gasteiger partial charge in [0, 0.05) is 24.8 Å². The van der Waals surface area contributed by atoms with E-state index in [1.165, 1.54) is 13.0 Å². The Balaban J connectivity index is 1.64. The standard InChI is InChI=1S/C16H24N4O/c1-2-5-20-6-3-12(4-7-20)18-15-10-14-11(8-13(15)17)9-16(21)19-14/h8,10,12,18H,2-7,9,17H2,1H3,(H,19,21). The number of fused-ring (bicyclic) bond motifs is 1. The third-order valence-electron chi connectivity index (χ3n) is 4.39. The zero-order valence-corrected chi connectivity index (χ0v) is 12.6. The van der Waals surface area contributed by atoms with Crippen molar-refractivity contribution in [3.8, 4) is 0 Å². The number of nitrogen functional groups attached to an aromatic ring is 1. The first-order valence-corrected chi connectivity index (χ1v) is 7.87. The van der Waals surface area contributed by atoms with Crippen LogP contribution in [-0.4, -0.2) is 36.5 Å². The number of amides is 1. The summed E-state index contributed by atoms with van der Waals surface area (Å²) in [6.07, 6.45) is 3.94. The van der Waals surface area contributed by atoms with E-state index < -0.39 is 0 Å². The van der Waals surface area contributed by atoms with Gasteiger partial charge in [0.25, 0.3) is 0 Å². The highest BCUT2D eigenvalue weighted by Gasteiger charge is 2.22. The molecule has 3 rings (SSSR count). The zero-order chi connectivity index (χ0) is 14.8. The maximum absolute atomic E-state index is 11.4. The Hall–Kier alpha value is -1.75. The molecule has 2 heterocycles. The number of rotatable bonds is 4.